The van der Waals surface area contributed by atoms with E-state index in [1.54, 1.807) is 25.1 Å². The van der Waals surface area contributed by atoms with Crippen molar-refractivity contribution in [1.82, 2.24) is 0 Å². The van der Waals surface area contributed by atoms with Gasteiger partial charge in [-0.15, -0.1) is 0 Å². The van der Waals surface area contributed by atoms with Crippen molar-refractivity contribution in [2.45, 2.75) is 65.3 Å². The molecule has 3 aromatic rings. The molecule has 2 aliphatic rings. The zero-order valence-corrected chi connectivity index (χ0v) is 25.7. The van der Waals surface area contributed by atoms with E-state index >= 15 is 0 Å². The molecule has 5 atom stereocenters. The summed E-state index contributed by atoms with van der Waals surface area (Å²) < 4.78 is 50.7. The summed E-state index contributed by atoms with van der Waals surface area (Å²) in [5.74, 6) is -1.38. The third kappa shape index (κ3) is 7.07. The molecule has 1 aromatic heterocycles. The van der Waals surface area contributed by atoms with Crippen LogP contribution in [0.2, 0.25) is 0 Å². The normalized spacial score (nSPS) is 22.0. The molecule has 5 rings (SSSR count). The zero-order valence-electron chi connectivity index (χ0n) is 25.7. The molecule has 0 radical (unpaired) electrons. The third-order valence-electron chi connectivity index (χ3n) is 7.07. The first kappa shape index (κ1) is 32.3. The monoisotopic (exact) mass is 640 g/mol. The van der Waals surface area contributed by atoms with E-state index in [0.29, 0.717) is 41.6 Å². The Morgan fingerprint density at radius 2 is 1.43 bits per heavy atom. The van der Waals surface area contributed by atoms with Gasteiger partial charge in [0.25, 0.3) is 0 Å². The van der Waals surface area contributed by atoms with Gasteiger partial charge in [0.15, 0.2) is 23.7 Å². The Morgan fingerprint density at radius 3 is 2.11 bits per heavy atom. The summed E-state index contributed by atoms with van der Waals surface area (Å²) in [6.07, 6.45) is -6.81. The lowest BCUT2D eigenvalue weighted by Crippen LogP contribution is -2.63. The molecule has 1 saturated heterocycles. The van der Waals surface area contributed by atoms with Gasteiger partial charge in [-0.25, -0.2) is 0 Å². The summed E-state index contributed by atoms with van der Waals surface area (Å²) in [5.41, 5.74) is 0.828. The average molecular weight is 641 g/mol. The van der Waals surface area contributed by atoms with E-state index in [9.17, 15) is 24.0 Å². The number of benzene rings is 2. The predicted molar refractivity (Wildman–Crippen MR) is 156 cm³/mol. The second-order valence-electron chi connectivity index (χ2n) is 10.6. The maximum atomic E-state index is 13.6. The summed E-state index contributed by atoms with van der Waals surface area (Å²) in [7, 11) is 0. The van der Waals surface area contributed by atoms with Crippen LogP contribution < -0.4 is 19.6 Å². The first-order valence-electron chi connectivity index (χ1n) is 14.4. The Labute approximate surface area is 262 Å². The first-order chi connectivity index (χ1) is 21.9. The maximum absolute atomic E-state index is 13.6. The molecule has 0 spiro atoms. The summed E-state index contributed by atoms with van der Waals surface area (Å²) in [6.45, 7) is 6.62. The fraction of sp³-hybridized carbons (Fsp3) is 0.406. The van der Waals surface area contributed by atoms with Crippen LogP contribution in [0.5, 0.6) is 17.2 Å². The second kappa shape index (κ2) is 13.5. The highest BCUT2D eigenvalue weighted by molar-refractivity contribution is 5.84. The Hall–Kier alpha value is -5.11. The number of fused-ring (bicyclic) bond motifs is 2. The summed E-state index contributed by atoms with van der Waals surface area (Å²) in [5, 5.41) is 0.254. The molecule has 2 aliphatic heterocycles. The van der Waals surface area contributed by atoms with Crippen LogP contribution >= 0.6 is 0 Å². The van der Waals surface area contributed by atoms with Crippen molar-refractivity contribution in [2.24, 2.45) is 0 Å². The molecule has 14 nitrogen and oxygen atoms in total. The Morgan fingerprint density at radius 1 is 0.783 bits per heavy atom. The molecular weight excluding hydrogens is 608 g/mol. The van der Waals surface area contributed by atoms with Gasteiger partial charge in [-0.2, -0.15) is 0 Å². The van der Waals surface area contributed by atoms with Crippen molar-refractivity contribution in [3.63, 3.8) is 0 Å². The topological polar surface area (TPSA) is 172 Å². The Balaban J connectivity index is 1.50. The maximum Gasteiger partial charge on any atom is 0.303 e. The van der Waals surface area contributed by atoms with Gasteiger partial charge in [0, 0.05) is 33.8 Å². The minimum absolute atomic E-state index is 0.128. The summed E-state index contributed by atoms with van der Waals surface area (Å²) >= 11 is 0. The van der Waals surface area contributed by atoms with Gasteiger partial charge in [0.1, 0.15) is 43.0 Å². The SMILES string of the molecule is CC(=O)OCC1OC(Oc2ccc3c(=O)c(-c4ccc5c(c4)OCCO5)c(C)oc3c2)C(OC(C)=O)C(OC(C)=O)C1OC(C)=O. The van der Waals surface area contributed by atoms with Gasteiger partial charge in [0.2, 0.25) is 17.8 Å². The highest BCUT2D eigenvalue weighted by Gasteiger charge is 2.53. The van der Waals surface area contributed by atoms with E-state index in [-0.39, 0.29) is 22.1 Å². The van der Waals surface area contributed by atoms with Gasteiger partial charge in [0.05, 0.1) is 10.9 Å². The van der Waals surface area contributed by atoms with Crippen molar-refractivity contribution in [1.29, 1.82) is 0 Å². The van der Waals surface area contributed by atoms with Gasteiger partial charge < -0.3 is 42.3 Å². The number of hydrogen-bond donors (Lipinski definition) is 0. The molecule has 0 amide bonds. The standard InChI is InChI=1S/C32H32O14/c1-15-27(20-6-9-23-25(12-20)39-11-10-38-23)28(37)22-8-7-21(13-24(22)41-15)45-32-31(44-19(5)36)30(43-18(4)35)29(42-17(3)34)26(46-32)14-40-16(2)33/h6-9,12-13,26,29-32H,10-11,14H2,1-5H3. The van der Waals surface area contributed by atoms with Crippen LogP contribution in [0, 0.1) is 6.92 Å². The predicted octanol–water partition coefficient (Wildman–Crippen LogP) is 3.00. The van der Waals surface area contributed by atoms with E-state index in [1.807, 2.05) is 0 Å². The van der Waals surface area contributed by atoms with Crippen LogP contribution in [0.4, 0.5) is 0 Å². The lowest BCUT2D eigenvalue weighted by atomic mass is 9.98. The van der Waals surface area contributed by atoms with Gasteiger partial charge in [-0.05, 0) is 36.8 Å². The highest BCUT2D eigenvalue weighted by Crippen LogP contribution is 2.36. The van der Waals surface area contributed by atoms with E-state index < -0.39 is 61.2 Å². The van der Waals surface area contributed by atoms with E-state index in [2.05, 4.69) is 0 Å². The molecular formula is C32H32O14. The van der Waals surface area contributed by atoms with Crippen molar-refractivity contribution in [3.05, 3.63) is 52.4 Å². The largest absolute Gasteiger partial charge is 0.486 e. The molecule has 14 heteroatoms. The van der Waals surface area contributed by atoms with E-state index in [4.69, 9.17) is 42.3 Å². The molecule has 3 heterocycles. The Bertz CT molecular complexity index is 1730. The minimum Gasteiger partial charge on any atom is -0.486 e. The lowest BCUT2D eigenvalue weighted by molar-refractivity contribution is -0.288. The zero-order chi connectivity index (χ0) is 33.1. The van der Waals surface area contributed by atoms with Crippen LogP contribution in [-0.2, 0) is 42.9 Å². The number of carbonyl (C=O) groups excluding carboxylic acids is 4. The van der Waals surface area contributed by atoms with E-state index in [0.717, 1.165) is 20.8 Å². The fourth-order valence-corrected chi connectivity index (χ4v) is 5.31. The molecule has 0 aliphatic carbocycles. The fourth-order valence-electron chi connectivity index (χ4n) is 5.31. The van der Waals surface area contributed by atoms with Gasteiger partial charge in [-0.1, -0.05) is 6.07 Å². The van der Waals surface area contributed by atoms with Crippen LogP contribution in [-0.4, -0.2) is 74.4 Å². The number of rotatable bonds is 8. The number of carbonyl (C=O) groups is 4. The smallest absolute Gasteiger partial charge is 0.303 e. The Kier molecular flexibility index (Phi) is 9.46. The lowest BCUT2D eigenvalue weighted by Gasteiger charge is -2.43. The van der Waals surface area contributed by atoms with Crippen molar-refractivity contribution >= 4 is 34.8 Å². The number of hydrogen-bond acceptors (Lipinski definition) is 14. The van der Waals surface area contributed by atoms with Crippen LogP contribution in [0.1, 0.15) is 33.5 Å². The molecule has 244 valence electrons. The number of esters is 4. The molecule has 2 aromatic carbocycles. The third-order valence-corrected chi connectivity index (χ3v) is 7.07. The molecule has 0 saturated carbocycles. The van der Waals surface area contributed by atoms with Gasteiger partial charge >= 0.3 is 23.9 Å². The molecule has 0 N–H and O–H groups in total. The molecule has 1 fully saturated rings. The number of ether oxygens (including phenoxy) is 8. The summed E-state index contributed by atoms with van der Waals surface area (Å²) in [4.78, 5) is 61.4. The average Bonchev–Trinajstić information content (AvgIpc) is 2.98. The van der Waals surface area contributed by atoms with Gasteiger partial charge in [-0.3, -0.25) is 24.0 Å². The second-order valence-corrected chi connectivity index (χ2v) is 10.6. The molecule has 5 unspecified atom stereocenters. The minimum atomic E-state index is -1.46. The van der Waals surface area contributed by atoms with E-state index in [1.165, 1.54) is 25.1 Å². The van der Waals surface area contributed by atoms with Crippen molar-refractivity contribution in [3.8, 4) is 28.4 Å². The molecule has 0 bridgehead atoms. The molecule has 46 heavy (non-hydrogen) atoms. The van der Waals surface area contributed by atoms with Crippen molar-refractivity contribution < 1.29 is 61.5 Å². The highest BCUT2D eigenvalue weighted by atomic mass is 16.7. The van der Waals surface area contributed by atoms with Crippen LogP contribution in [0.3, 0.4) is 0 Å². The van der Waals surface area contributed by atoms with Crippen LogP contribution in [0.15, 0.2) is 45.6 Å². The van der Waals surface area contributed by atoms with Crippen molar-refractivity contribution in [2.75, 3.05) is 19.8 Å². The summed E-state index contributed by atoms with van der Waals surface area (Å²) in [6, 6.07) is 9.64. The number of aryl methyl sites for hydroxylation is 1. The quantitative estimate of drug-likeness (QED) is 0.260. The first-order valence-corrected chi connectivity index (χ1v) is 14.4. The van der Waals surface area contributed by atoms with Crippen LogP contribution in [0.25, 0.3) is 22.1 Å².